The largest absolute Gasteiger partial charge is 0.318 e. The van der Waals surface area contributed by atoms with Crippen molar-refractivity contribution in [3.05, 3.63) is 11.6 Å². The molecule has 0 saturated heterocycles. The second kappa shape index (κ2) is 2.58. The van der Waals surface area contributed by atoms with Crippen molar-refractivity contribution in [2.75, 3.05) is 0 Å². The molecular weight excluding hydrogens is 110 g/mol. The molecule has 0 aromatic carbocycles. The van der Waals surface area contributed by atoms with E-state index in [4.69, 9.17) is 0 Å². The molecule has 0 fully saturated rings. The fourth-order valence-corrected chi connectivity index (χ4v) is 0.340. The third-order valence-electron chi connectivity index (χ3n) is 0.315. The highest BCUT2D eigenvalue weighted by atomic mass is 32.1. The molecule has 0 heterocycles. The van der Waals surface area contributed by atoms with Crippen LogP contribution in [0.2, 0.25) is 0 Å². The Morgan fingerprint density at radius 1 is 1.86 bits per heavy atom. The molecule has 0 unspecified atom stereocenters. The fourth-order valence-electron chi connectivity index (χ4n) is 0.196. The molecule has 0 rings (SSSR count). The minimum absolute atomic E-state index is 0.167. The molecule has 1 amide bonds. The van der Waals surface area contributed by atoms with E-state index in [1.165, 1.54) is 6.92 Å². The quantitative estimate of drug-likeness (QED) is 0.539. The molecule has 0 aromatic rings. The third-order valence-corrected chi connectivity index (χ3v) is 0.418. The number of carbonyl (C=O) groups is 1. The van der Waals surface area contributed by atoms with Gasteiger partial charge in [-0.2, -0.15) is 0 Å². The molecule has 7 heavy (non-hydrogen) atoms. The Bertz CT molecular complexity index is 87.9. The molecule has 0 aliphatic carbocycles. The summed E-state index contributed by atoms with van der Waals surface area (Å²) < 4.78 is 0. The Morgan fingerprint density at radius 3 is 2.29 bits per heavy atom. The van der Waals surface area contributed by atoms with Gasteiger partial charge >= 0.3 is 0 Å². The standard InChI is InChI=1S/C4H6NOS/c1-3(6)5-4(2)7/h2H2,1H3,(H,5,6). The summed E-state index contributed by atoms with van der Waals surface area (Å²) in [5.41, 5.74) is 0. The molecule has 0 atom stereocenters. The Labute approximate surface area is 48.0 Å². The summed E-state index contributed by atoms with van der Waals surface area (Å²) in [4.78, 5) is 10.0. The monoisotopic (exact) mass is 116 g/mol. The van der Waals surface area contributed by atoms with Crippen molar-refractivity contribution < 1.29 is 4.79 Å². The van der Waals surface area contributed by atoms with Crippen LogP contribution >= 0.6 is 12.6 Å². The third kappa shape index (κ3) is 5.43. The predicted molar refractivity (Wildman–Crippen MR) is 30.5 cm³/mol. The van der Waals surface area contributed by atoms with E-state index in [1.54, 1.807) is 0 Å². The van der Waals surface area contributed by atoms with E-state index < -0.39 is 0 Å². The van der Waals surface area contributed by atoms with Gasteiger partial charge in [-0.05, 0) is 0 Å². The Morgan fingerprint density at radius 2 is 2.29 bits per heavy atom. The first-order valence-electron chi connectivity index (χ1n) is 1.76. The molecule has 0 saturated carbocycles. The lowest BCUT2D eigenvalue weighted by Crippen LogP contribution is -2.14. The average Bonchev–Trinajstić information content (AvgIpc) is 1.27. The van der Waals surface area contributed by atoms with E-state index in [1.807, 2.05) is 0 Å². The van der Waals surface area contributed by atoms with Gasteiger partial charge in [-0.1, -0.05) is 19.2 Å². The molecule has 1 N–H and O–H groups in total. The zero-order chi connectivity index (χ0) is 5.86. The lowest BCUT2D eigenvalue weighted by atomic mass is 10.7. The lowest BCUT2D eigenvalue weighted by Gasteiger charge is -1.91. The molecule has 2 nitrogen and oxygen atoms in total. The lowest BCUT2D eigenvalue weighted by molar-refractivity contribution is -0.118. The molecule has 0 bridgehead atoms. The van der Waals surface area contributed by atoms with E-state index in [2.05, 4.69) is 24.5 Å². The van der Waals surface area contributed by atoms with Gasteiger partial charge in [0.05, 0.1) is 5.03 Å². The minimum atomic E-state index is -0.167. The van der Waals surface area contributed by atoms with E-state index in [9.17, 15) is 4.79 Å². The summed E-state index contributed by atoms with van der Waals surface area (Å²) in [6.07, 6.45) is 0. The minimum Gasteiger partial charge on any atom is -0.318 e. The van der Waals surface area contributed by atoms with Gasteiger partial charge in [-0.25, -0.2) is 0 Å². The summed E-state index contributed by atoms with van der Waals surface area (Å²) in [5.74, 6) is -0.167. The number of hydrogen-bond acceptors (Lipinski definition) is 1. The summed E-state index contributed by atoms with van der Waals surface area (Å²) in [7, 11) is 0. The van der Waals surface area contributed by atoms with Crippen molar-refractivity contribution in [1.29, 1.82) is 0 Å². The van der Waals surface area contributed by atoms with Gasteiger partial charge in [0, 0.05) is 6.92 Å². The number of rotatable bonds is 1. The van der Waals surface area contributed by atoms with Crippen LogP contribution in [0.15, 0.2) is 11.6 Å². The highest BCUT2D eigenvalue weighted by Crippen LogP contribution is 1.85. The molecule has 0 aliphatic rings. The van der Waals surface area contributed by atoms with Crippen LogP contribution < -0.4 is 5.32 Å². The van der Waals surface area contributed by atoms with E-state index in [-0.39, 0.29) is 10.9 Å². The van der Waals surface area contributed by atoms with Crippen LogP contribution in [0, 0.1) is 0 Å². The van der Waals surface area contributed by atoms with Crippen molar-refractivity contribution in [2.45, 2.75) is 6.92 Å². The maximum absolute atomic E-state index is 10.0. The average molecular weight is 116 g/mol. The number of nitrogens with one attached hydrogen (secondary N) is 1. The van der Waals surface area contributed by atoms with E-state index in [0.717, 1.165) is 0 Å². The normalized spacial score (nSPS) is 7.57. The van der Waals surface area contributed by atoms with Gasteiger partial charge in [-0.15, -0.1) is 0 Å². The smallest absolute Gasteiger partial charge is 0.221 e. The first-order chi connectivity index (χ1) is 3.13. The van der Waals surface area contributed by atoms with Crippen LogP contribution in [0.4, 0.5) is 0 Å². The Balaban J connectivity index is 3.32. The Kier molecular flexibility index (Phi) is 2.37. The van der Waals surface area contributed by atoms with E-state index in [0.29, 0.717) is 0 Å². The predicted octanol–water partition coefficient (Wildman–Crippen LogP) is 0.791. The summed E-state index contributed by atoms with van der Waals surface area (Å²) >= 11 is 4.43. The van der Waals surface area contributed by atoms with Crippen molar-refractivity contribution in [1.82, 2.24) is 5.32 Å². The number of carbonyl (C=O) groups excluding carboxylic acids is 1. The fraction of sp³-hybridized carbons (Fsp3) is 0.250. The van der Waals surface area contributed by atoms with Gasteiger partial charge < -0.3 is 5.32 Å². The molecular formula is C4H6NOS. The number of amides is 1. The van der Waals surface area contributed by atoms with Crippen LogP contribution in [0.5, 0.6) is 0 Å². The van der Waals surface area contributed by atoms with Crippen molar-refractivity contribution in [2.24, 2.45) is 0 Å². The van der Waals surface area contributed by atoms with Crippen molar-refractivity contribution >= 4 is 18.5 Å². The first kappa shape index (κ1) is 6.43. The molecule has 0 aromatic heterocycles. The summed E-state index contributed by atoms with van der Waals surface area (Å²) in [6.45, 7) is 4.66. The SMILES string of the molecule is C=C([S])NC(C)=O. The van der Waals surface area contributed by atoms with Gasteiger partial charge in [-0.3, -0.25) is 4.79 Å². The van der Waals surface area contributed by atoms with Gasteiger partial charge in [0.15, 0.2) is 0 Å². The Hall–Kier alpha value is -0.570. The van der Waals surface area contributed by atoms with Crippen LogP contribution in [0.1, 0.15) is 6.92 Å². The molecule has 1 radical (unpaired) electrons. The van der Waals surface area contributed by atoms with Crippen LogP contribution in [-0.4, -0.2) is 5.91 Å². The topological polar surface area (TPSA) is 29.1 Å². The zero-order valence-corrected chi connectivity index (χ0v) is 4.84. The van der Waals surface area contributed by atoms with E-state index >= 15 is 0 Å². The second-order valence-electron chi connectivity index (χ2n) is 1.10. The first-order valence-corrected chi connectivity index (χ1v) is 2.17. The van der Waals surface area contributed by atoms with Crippen LogP contribution in [0.25, 0.3) is 0 Å². The number of hydrogen-bond donors (Lipinski definition) is 1. The van der Waals surface area contributed by atoms with Crippen LogP contribution in [0.3, 0.4) is 0 Å². The van der Waals surface area contributed by atoms with Gasteiger partial charge in [0.2, 0.25) is 5.91 Å². The molecule has 0 spiro atoms. The van der Waals surface area contributed by atoms with Crippen molar-refractivity contribution in [3.63, 3.8) is 0 Å². The highest BCUT2D eigenvalue weighted by molar-refractivity contribution is 7.84. The second-order valence-corrected chi connectivity index (χ2v) is 1.60. The maximum atomic E-state index is 10.0. The van der Waals surface area contributed by atoms with Crippen LogP contribution in [-0.2, 0) is 4.79 Å². The highest BCUT2D eigenvalue weighted by Gasteiger charge is 1.86. The maximum Gasteiger partial charge on any atom is 0.221 e. The zero-order valence-electron chi connectivity index (χ0n) is 4.02. The van der Waals surface area contributed by atoms with Crippen molar-refractivity contribution in [3.8, 4) is 0 Å². The summed E-state index contributed by atoms with van der Waals surface area (Å²) in [6, 6.07) is 0. The van der Waals surface area contributed by atoms with Gasteiger partial charge in [0.25, 0.3) is 0 Å². The molecule has 39 valence electrons. The summed E-state index contributed by atoms with van der Waals surface area (Å²) in [5, 5.41) is 2.56. The van der Waals surface area contributed by atoms with Gasteiger partial charge in [0.1, 0.15) is 0 Å². The molecule has 3 heteroatoms. The molecule has 0 aliphatic heterocycles.